The van der Waals surface area contributed by atoms with E-state index in [1.165, 1.54) is 34.2 Å². The van der Waals surface area contributed by atoms with Gasteiger partial charge in [0.15, 0.2) is 0 Å². The van der Waals surface area contributed by atoms with Crippen molar-refractivity contribution in [3.05, 3.63) is 57.6 Å². The Bertz CT molecular complexity index is 661. The maximum Gasteiger partial charge on any atom is 0.0438 e. The predicted octanol–water partition coefficient (Wildman–Crippen LogP) is 4.83. The van der Waals surface area contributed by atoms with Crippen LogP contribution in [0.5, 0.6) is 0 Å². The maximum absolute atomic E-state index is 6.23. The van der Waals surface area contributed by atoms with Gasteiger partial charge in [0.05, 0.1) is 0 Å². The summed E-state index contributed by atoms with van der Waals surface area (Å²) in [5.74, 6) is 0. The summed E-state index contributed by atoms with van der Waals surface area (Å²) in [6.07, 6.45) is 2.34. The fraction of sp³-hybridized carbons (Fsp3) is 0.333. The third-order valence-corrected chi connectivity index (χ3v) is 4.82. The summed E-state index contributed by atoms with van der Waals surface area (Å²) in [4.78, 5) is 0. The number of aryl methyl sites for hydroxylation is 2. The van der Waals surface area contributed by atoms with E-state index < -0.39 is 0 Å². The van der Waals surface area contributed by atoms with Crippen LogP contribution in [-0.4, -0.2) is 7.05 Å². The summed E-state index contributed by atoms with van der Waals surface area (Å²) in [5, 5.41) is 4.27. The Morgan fingerprint density at radius 1 is 1.10 bits per heavy atom. The number of benzene rings is 2. The minimum atomic E-state index is 0.499. The summed E-state index contributed by atoms with van der Waals surface area (Å²) in [7, 11) is 2.05. The van der Waals surface area contributed by atoms with Gasteiger partial charge in [-0.05, 0) is 79.3 Å². The summed E-state index contributed by atoms with van der Waals surface area (Å²) >= 11 is 6.23. The van der Waals surface area contributed by atoms with E-state index in [-0.39, 0.29) is 0 Å². The van der Waals surface area contributed by atoms with Crippen LogP contribution in [0.25, 0.3) is 11.1 Å². The third-order valence-electron chi connectivity index (χ3n) is 4.41. The molecule has 0 spiro atoms. The van der Waals surface area contributed by atoms with Crippen molar-refractivity contribution in [2.45, 2.75) is 32.7 Å². The van der Waals surface area contributed by atoms with Gasteiger partial charge in [0.2, 0.25) is 0 Å². The highest BCUT2D eigenvalue weighted by atomic mass is 35.5. The van der Waals surface area contributed by atoms with Crippen molar-refractivity contribution in [3.8, 4) is 11.1 Å². The molecule has 2 heteroatoms. The second-order valence-electron chi connectivity index (χ2n) is 5.67. The highest BCUT2D eigenvalue weighted by Gasteiger charge is 2.24. The number of hydrogen-bond donors (Lipinski definition) is 1. The zero-order valence-corrected chi connectivity index (χ0v) is 13.0. The van der Waals surface area contributed by atoms with Crippen LogP contribution in [0, 0.1) is 13.8 Å². The molecule has 20 heavy (non-hydrogen) atoms. The van der Waals surface area contributed by atoms with Crippen molar-refractivity contribution in [1.82, 2.24) is 5.32 Å². The average Bonchev–Trinajstić information content (AvgIpc) is 2.86. The van der Waals surface area contributed by atoms with Crippen molar-refractivity contribution in [1.29, 1.82) is 0 Å². The van der Waals surface area contributed by atoms with Crippen LogP contribution in [0.15, 0.2) is 30.3 Å². The lowest BCUT2D eigenvalue weighted by Crippen LogP contribution is -2.12. The zero-order chi connectivity index (χ0) is 14.3. The maximum atomic E-state index is 6.23. The molecule has 1 nitrogen and oxygen atoms in total. The fourth-order valence-electron chi connectivity index (χ4n) is 3.28. The molecule has 2 aromatic rings. The van der Waals surface area contributed by atoms with E-state index in [1.54, 1.807) is 0 Å². The Hall–Kier alpha value is -1.31. The number of hydrogen-bond acceptors (Lipinski definition) is 1. The molecule has 0 fully saturated rings. The minimum Gasteiger partial charge on any atom is -0.313 e. The molecule has 1 atom stereocenters. The van der Waals surface area contributed by atoms with Gasteiger partial charge in [0.1, 0.15) is 0 Å². The first-order valence-corrected chi connectivity index (χ1v) is 7.55. The van der Waals surface area contributed by atoms with Gasteiger partial charge in [0, 0.05) is 11.1 Å². The van der Waals surface area contributed by atoms with Crippen LogP contribution in [-0.2, 0) is 6.42 Å². The Kier molecular flexibility index (Phi) is 3.57. The number of fused-ring (bicyclic) bond motifs is 1. The molecule has 1 unspecified atom stereocenters. The lowest BCUT2D eigenvalue weighted by molar-refractivity contribution is 0.590. The van der Waals surface area contributed by atoms with E-state index in [4.69, 9.17) is 11.6 Å². The average molecular weight is 286 g/mol. The first-order valence-electron chi connectivity index (χ1n) is 7.18. The predicted molar refractivity (Wildman–Crippen MR) is 86.5 cm³/mol. The number of halogens is 1. The number of rotatable bonds is 2. The van der Waals surface area contributed by atoms with E-state index in [0.717, 1.165) is 17.0 Å². The van der Waals surface area contributed by atoms with Crippen LogP contribution >= 0.6 is 11.6 Å². The van der Waals surface area contributed by atoms with Crippen molar-refractivity contribution in [2.75, 3.05) is 7.05 Å². The van der Waals surface area contributed by atoms with Crippen LogP contribution in [0.3, 0.4) is 0 Å². The first kappa shape index (κ1) is 13.7. The third kappa shape index (κ3) is 2.15. The molecular weight excluding hydrogens is 266 g/mol. The van der Waals surface area contributed by atoms with E-state index in [0.29, 0.717) is 6.04 Å². The smallest absolute Gasteiger partial charge is 0.0438 e. The highest BCUT2D eigenvalue weighted by Crippen LogP contribution is 2.39. The van der Waals surface area contributed by atoms with E-state index >= 15 is 0 Å². The van der Waals surface area contributed by atoms with Crippen molar-refractivity contribution >= 4 is 11.6 Å². The van der Waals surface area contributed by atoms with E-state index in [1.807, 2.05) is 7.05 Å². The van der Waals surface area contributed by atoms with E-state index in [2.05, 4.69) is 49.5 Å². The molecule has 1 aliphatic rings. The lowest BCUT2D eigenvalue weighted by Gasteiger charge is -2.15. The standard InChI is InChI=1S/C18H20ClN/c1-11-10-17(19)12(2)9-16(11)13-5-4-6-15-14(13)7-8-18(15)20-3/h4-6,9-10,18,20H,7-8H2,1-3H3. The lowest BCUT2D eigenvalue weighted by atomic mass is 9.92. The molecule has 0 bridgehead atoms. The summed E-state index contributed by atoms with van der Waals surface area (Å²) in [6.45, 7) is 4.22. The first-order chi connectivity index (χ1) is 9.61. The Morgan fingerprint density at radius 2 is 1.90 bits per heavy atom. The van der Waals surface area contributed by atoms with E-state index in [9.17, 15) is 0 Å². The second-order valence-corrected chi connectivity index (χ2v) is 6.08. The van der Waals surface area contributed by atoms with Gasteiger partial charge in [-0.3, -0.25) is 0 Å². The van der Waals surface area contributed by atoms with Gasteiger partial charge in [-0.2, -0.15) is 0 Å². The topological polar surface area (TPSA) is 12.0 Å². The van der Waals surface area contributed by atoms with Crippen LogP contribution in [0.1, 0.15) is 34.7 Å². The Morgan fingerprint density at radius 3 is 2.65 bits per heavy atom. The van der Waals surface area contributed by atoms with Crippen molar-refractivity contribution in [3.63, 3.8) is 0 Å². The molecule has 0 heterocycles. The van der Waals surface area contributed by atoms with Gasteiger partial charge in [-0.15, -0.1) is 0 Å². The molecule has 0 amide bonds. The van der Waals surface area contributed by atoms with Crippen molar-refractivity contribution < 1.29 is 0 Å². The molecule has 3 rings (SSSR count). The normalized spacial score (nSPS) is 17.3. The molecule has 0 aliphatic heterocycles. The molecule has 0 aromatic heterocycles. The summed E-state index contributed by atoms with van der Waals surface area (Å²) in [5.41, 5.74) is 8.04. The Labute approximate surface area is 126 Å². The zero-order valence-electron chi connectivity index (χ0n) is 12.3. The van der Waals surface area contributed by atoms with Gasteiger partial charge in [0.25, 0.3) is 0 Å². The quantitative estimate of drug-likeness (QED) is 0.833. The second kappa shape index (κ2) is 5.23. The molecule has 0 radical (unpaired) electrons. The van der Waals surface area contributed by atoms with Gasteiger partial charge in [-0.25, -0.2) is 0 Å². The Balaban J connectivity index is 2.17. The molecule has 104 valence electrons. The molecule has 0 saturated carbocycles. The summed E-state index contributed by atoms with van der Waals surface area (Å²) < 4.78 is 0. The molecule has 0 saturated heterocycles. The van der Waals surface area contributed by atoms with Gasteiger partial charge >= 0.3 is 0 Å². The monoisotopic (exact) mass is 285 g/mol. The van der Waals surface area contributed by atoms with Crippen LogP contribution < -0.4 is 5.32 Å². The van der Waals surface area contributed by atoms with Crippen LogP contribution in [0.2, 0.25) is 5.02 Å². The number of nitrogens with one attached hydrogen (secondary N) is 1. The fourth-order valence-corrected chi connectivity index (χ4v) is 3.50. The highest BCUT2D eigenvalue weighted by molar-refractivity contribution is 6.31. The minimum absolute atomic E-state index is 0.499. The van der Waals surface area contributed by atoms with Gasteiger partial charge in [-0.1, -0.05) is 29.8 Å². The van der Waals surface area contributed by atoms with Crippen molar-refractivity contribution in [2.24, 2.45) is 0 Å². The molecular formula is C18H20ClN. The van der Waals surface area contributed by atoms with Crippen LogP contribution in [0.4, 0.5) is 0 Å². The largest absolute Gasteiger partial charge is 0.313 e. The SMILES string of the molecule is CNC1CCc2c(-c3cc(C)c(Cl)cc3C)cccc21. The molecule has 1 N–H and O–H groups in total. The van der Waals surface area contributed by atoms with Gasteiger partial charge < -0.3 is 5.32 Å². The summed E-state index contributed by atoms with van der Waals surface area (Å²) in [6, 6.07) is 11.5. The molecule has 2 aromatic carbocycles. The molecule has 1 aliphatic carbocycles.